The van der Waals surface area contributed by atoms with E-state index in [9.17, 15) is 10.2 Å². The summed E-state index contributed by atoms with van der Waals surface area (Å²) in [5, 5.41) is 54.0. The van der Waals surface area contributed by atoms with Crippen molar-refractivity contribution in [1.29, 1.82) is 0 Å². The average molecular weight is 808 g/mol. The first-order valence-corrected chi connectivity index (χ1v) is 18.0. The van der Waals surface area contributed by atoms with E-state index in [2.05, 4.69) is 74.0 Å². The van der Waals surface area contributed by atoms with Gasteiger partial charge in [-0.1, -0.05) is 70.0 Å². The lowest BCUT2D eigenvalue weighted by Crippen LogP contribution is -2.25. The van der Waals surface area contributed by atoms with Gasteiger partial charge in [-0.05, 0) is 59.4 Å². The SMILES string of the molecule is COc1nc(OCc2cccc(-c3cccc(COc4nc(OC)c(CNC(CO)c5nn[nH]n5)cc4Cl)c3C)c2C)c(Cl)cc1CNC(CO)c1nn[nH]n1. The molecule has 4 heterocycles. The number of aromatic amines is 2. The van der Waals surface area contributed by atoms with Gasteiger partial charge >= 0.3 is 0 Å². The Morgan fingerprint density at radius 3 is 1.43 bits per heavy atom. The number of hydrogen-bond donors (Lipinski definition) is 6. The van der Waals surface area contributed by atoms with Crippen LogP contribution in [-0.2, 0) is 26.3 Å². The number of nitrogens with one attached hydrogen (secondary N) is 4. The highest BCUT2D eigenvalue weighted by Gasteiger charge is 2.21. The summed E-state index contributed by atoms with van der Waals surface area (Å²) in [4.78, 5) is 9.04. The Bertz CT molecular complexity index is 2060. The number of aromatic nitrogens is 10. The maximum Gasteiger partial charge on any atom is 0.236 e. The molecule has 0 saturated heterocycles. The Morgan fingerprint density at radius 1 is 0.643 bits per heavy atom. The highest BCUT2D eigenvalue weighted by molar-refractivity contribution is 6.32. The Kier molecular flexibility index (Phi) is 13.6. The molecule has 6 rings (SSSR count). The molecule has 0 spiro atoms. The van der Waals surface area contributed by atoms with E-state index in [1.54, 1.807) is 12.1 Å². The molecule has 2 atom stereocenters. The van der Waals surface area contributed by atoms with Gasteiger partial charge in [-0.3, -0.25) is 0 Å². The molecular weight excluding hydrogens is 767 g/mol. The summed E-state index contributed by atoms with van der Waals surface area (Å²) in [5.41, 5.74) is 7.29. The lowest BCUT2D eigenvalue weighted by Gasteiger charge is -2.18. The topological polar surface area (TPSA) is 236 Å². The van der Waals surface area contributed by atoms with E-state index in [0.29, 0.717) is 44.6 Å². The smallest absolute Gasteiger partial charge is 0.236 e. The van der Waals surface area contributed by atoms with Crippen LogP contribution in [0, 0.1) is 13.8 Å². The number of aliphatic hydroxyl groups is 2. The molecule has 0 radical (unpaired) electrons. The van der Waals surface area contributed by atoms with E-state index in [1.165, 1.54) is 14.2 Å². The van der Waals surface area contributed by atoms with E-state index in [1.807, 2.05) is 38.1 Å². The lowest BCUT2D eigenvalue weighted by molar-refractivity contribution is 0.237. The van der Waals surface area contributed by atoms with Crippen LogP contribution in [0.4, 0.5) is 0 Å². The standard InChI is InChI=1S/C36H40Cl2N12O6/c1-19-21(17-55-35-27(37)11-23(33(41-35)53-3)13-39-29(15-51)31-43-47-48-44-31)7-5-9-25(19)26-10-6-8-22(20(26)2)18-56-36-28(38)12-24(34(42-36)54-4)14-40-30(16-52)32-45-49-50-46-32/h5-12,29-30,39-40,51-52H,13-18H2,1-4H3,(H,43,44,47,48)(H,45,46,49,50). The van der Waals surface area contributed by atoms with Crippen LogP contribution in [-0.4, -0.2) is 88.9 Å². The van der Waals surface area contributed by atoms with Gasteiger partial charge < -0.3 is 39.8 Å². The molecule has 2 unspecified atom stereocenters. The quantitative estimate of drug-likeness (QED) is 0.0680. The van der Waals surface area contributed by atoms with Crippen molar-refractivity contribution in [2.75, 3.05) is 27.4 Å². The van der Waals surface area contributed by atoms with Crippen molar-refractivity contribution in [3.63, 3.8) is 0 Å². The van der Waals surface area contributed by atoms with E-state index < -0.39 is 12.1 Å². The Labute approximate surface area is 331 Å². The molecule has 18 nitrogen and oxygen atoms in total. The first-order chi connectivity index (χ1) is 27.2. The lowest BCUT2D eigenvalue weighted by atomic mass is 9.92. The van der Waals surface area contributed by atoms with E-state index in [4.69, 9.17) is 42.1 Å². The first-order valence-electron chi connectivity index (χ1n) is 17.3. The number of tetrazole rings is 2. The number of aliphatic hydroxyl groups excluding tert-OH is 2. The predicted molar refractivity (Wildman–Crippen MR) is 203 cm³/mol. The fraction of sp³-hybridized carbons (Fsp3) is 0.333. The summed E-state index contributed by atoms with van der Waals surface area (Å²) >= 11 is 13.3. The van der Waals surface area contributed by atoms with E-state index >= 15 is 0 Å². The minimum Gasteiger partial charge on any atom is -0.481 e. The van der Waals surface area contributed by atoms with Crippen LogP contribution in [0.1, 0.15) is 57.1 Å². The number of benzene rings is 2. The molecule has 0 aliphatic carbocycles. The monoisotopic (exact) mass is 806 g/mol. The van der Waals surface area contributed by atoms with Gasteiger partial charge in [0, 0.05) is 24.2 Å². The van der Waals surface area contributed by atoms with Gasteiger partial charge in [0.25, 0.3) is 0 Å². The number of ether oxygens (including phenoxy) is 4. The highest BCUT2D eigenvalue weighted by Crippen LogP contribution is 2.34. The third kappa shape index (κ3) is 9.30. The van der Waals surface area contributed by atoms with Crippen molar-refractivity contribution in [3.8, 4) is 34.6 Å². The summed E-state index contributed by atoms with van der Waals surface area (Å²) in [7, 11) is 3.02. The van der Waals surface area contributed by atoms with Crippen LogP contribution < -0.4 is 29.6 Å². The number of nitrogens with zero attached hydrogens (tertiary/aromatic N) is 8. The molecule has 20 heteroatoms. The third-order valence-electron chi connectivity index (χ3n) is 9.05. The van der Waals surface area contributed by atoms with Gasteiger partial charge in [-0.2, -0.15) is 20.4 Å². The number of methoxy groups -OCH3 is 2. The molecule has 4 aromatic heterocycles. The molecule has 2 aromatic carbocycles. The summed E-state index contributed by atoms with van der Waals surface area (Å²) in [6, 6.07) is 14.4. The van der Waals surface area contributed by atoms with E-state index in [0.717, 1.165) is 33.4 Å². The van der Waals surface area contributed by atoms with Crippen molar-refractivity contribution in [2.24, 2.45) is 0 Å². The first kappa shape index (κ1) is 40.2. The molecule has 0 amide bonds. The summed E-state index contributed by atoms with van der Waals surface area (Å²) in [6.45, 7) is 4.53. The van der Waals surface area contributed by atoms with Gasteiger partial charge in [0.1, 0.15) is 23.3 Å². The Hall–Kier alpha value is -5.50. The minimum absolute atomic E-state index is 0.203. The van der Waals surface area contributed by atoms with Crippen LogP contribution >= 0.6 is 23.2 Å². The number of halogens is 2. The maximum absolute atomic E-state index is 9.77. The summed E-state index contributed by atoms with van der Waals surface area (Å²) < 4.78 is 23.3. The summed E-state index contributed by atoms with van der Waals surface area (Å²) in [5.74, 6) is 1.72. The van der Waals surface area contributed by atoms with Crippen LogP contribution in [0.15, 0.2) is 48.5 Å². The molecule has 0 fully saturated rings. The van der Waals surface area contributed by atoms with Gasteiger partial charge in [-0.15, -0.1) is 20.4 Å². The van der Waals surface area contributed by atoms with Crippen molar-refractivity contribution < 1.29 is 29.2 Å². The molecular formula is C36H40Cl2N12O6. The minimum atomic E-state index is -0.552. The molecule has 56 heavy (non-hydrogen) atoms. The molecule has 0 bridgehead atoms. The van der Waals surface area contributed by atoms with Crippen LogP contribution in [0.5, 0.6) is 23.5 Å². The second-order valence-corrected chi connectivity index (χ2v) is 13.2. The number of pyridine rings is 2. The molecule has 0 aliphatic rings. The molecule has 294 valence electrons. The molecule has 0 saturated carbocycles. The van der Waals surface area contributed by atoms with Gasteiger partial charge in [0.15, 0.2) is 11.6 Å². The molecule has 6 N–H and O–H groups in total. The number of rotatable bonds is 19. The number of hydrogen-bond acceptors (Lipinski definition) is 16. The Morgan fingerprint density at radius 2 is 1.07 bits per heavy atom. The van der Waals surface area contributed by atoms with Gasteiger partial charge in [0.05, 0.1) is 39.5 Å². The fourth-order valence-electron chi connectivity index (χ4n) is 5.93. The third-order valence-corrected chi connectivity index (χ3v) is 9.60. The fourth-order valence-corrected chi connectivity index (χ4v) is 6.39. The highest BCUT2D eigenvalue weighted by atomic mass is 35.5. The van der Waals surface area contributed by atoms with Crippen LogP contribution in [0.3, 0.4) is 0 Å². The summed E-state index contributed by atoms with van der Waals surface area (Å²) in [6.07, 6.45) is 0. The van der Waals surface area contributed by atoms with E-state index in [-0.39, 0.29) is 51.3 Å². The van der Waals surface area contributed by atoms with Crippen LogP contribution in [0.25, 0.3) is 11.1 Å². The molecule has 6 aromatic rings. The van der Waals surface area contributed by atoms with Gasteiger partial charge in [-0.25, -0.2) is 0 Å². The zero-order chi connectivity index (χ0) is 39.6. The second-order valence-electron chi connectivity index (χ2n) is 12.4. The van der Waals surface area contributed by atoms with Gasteiger partial charge in [0.2, 0.25) is 23.5 Å². The van der Waals surface area contributed by atoms with Crippen molar-refractivity contribution in [3.05, 3.63) is 104 Å². The normalized spacial score (nSPS) is 12.4. The second kappa shape index (κ2) is 18.9. The maximum atomic E-state index is 9.77. The predicted octanol–water partition coefficient (Wildman–Crippen LogP) is 3.92. The average Bonchev–Trinajstić information content (AvgIpc) is 3.95. The molecule has 0 aliphatic heterocycles. The largest absolute Gasteiger partial charge is 0.481 e. The van der Waals surface area contributed by atoms with Crippen molar-refractivity contribution >= 4 is 23.2 Å². The van der Waals surface area contributed by atoms with Crippen molar-refractivity contribution in [1.82, 2.24) is 61.8 Å². The van der Waals surface area contributed by atoms with Crippen molar-refractivity contribution in [2.45, 2.75) is 52.2 Å². The zero-order valence-electron chi connectivity index (χ0n) is 30.9. The number of H-pyrrole nitrogens is 2. The Balaban J connectivity index is 1.12. The zero-order valence-corrected chi connectivity index (χ0v) is 32.4. The van der Waals surface area contributed by atoms with Crippen LogP contribution in [0.2, 0.25) is 10.0 Å².